The molecular weight excluding hydrogens is 299 g/mol. The lowest BCUT2D eigenvalue weighted by atomic mass is 10.3. The van der Waals surface area contributed by atoms with Crippen molar-refractivity contribution in [1.82, 2.24) is 9.78 Å². The predicted molar refractivity (Wildman–Crippen MR) is 67.9 cm³/mol. The van der Waals surface area contributed by atoms with Gasteiger partial charge in [-0.05, 0) is 25.1 Å². The monoisotopic (exact) mass is 305 g/mol. The molecule has 0 spiro atoms. The Morgan fingerprint density at radius 2 is 2.11 bits per heavy atom. The Bertz CT molecular complexity index is 615. The maximum atomic E-state index is 10.6. The van der Waals surface area contributed by atoms with E-state index in [2.05, 4.69) is 9.28 Å². The zero-order valence-corrected chi connectivity index (χ0v) is 11.4. The Morgan fingerprint density at radius 3 is 2.78 bits per heavy atom. The first-order valence-corrected chi connectivity index (χ1v) is 6.52. The van der Waals surface area contributed by atoms with Crippen LogP contribution in [0, 0.1) is 6.92 Å². The average Bonchev–Trinajstić information content (AvgIpc) is 2.62. The van der Waals surface area contributed by atoms with E-state index in [4.69, 9.17) is 23.2 Å². The summed E-state index contributed by atoms with van der Waals surface area (Å²) in [5.74, 6) is 0.0463. The molecule has 0 aliphatic rings. The van der Waals surface area contributed by atoms with E-state index < -0.39 is 11.4 Å². The lowest BCUT2D eigenvalue weighted by molar-refractivity contribution is 0.425. The molecule has 18 heavy (non-hydrogen) atoms. The number of rotatable bonds is 3. The van der Waals surface area contributed by atoms with E-state index in [-0.39, 0.29) is 5.88 Å². The summed E-state index contributed by atoms with van der Waals surface area (Å²) < 4.78 is 27.1. The van der Waals surface area contributed by atoms with Gasteiger partial charge >= 0.3 is 0 Å². The first-order chi connectivity index (χ1) is 8.47. The highest BCUT2D eigenvalue weighted by Crippen LogP contribution is 2.28. The fraction of sp³-hybridized carbons (Fsp3) is 0.100. The van der Waals surface area contributed by atoms with Crippen LogP contribution in [0.5, 0.6) is 5.88 Å². The summed E-state index contributed by atoms with van der Waals surface area (Å²) in [6.07, 6.45) is 0. The van der Waals surface area contributed by atoms with Gasteiger partial charge in [-0.1, -0.05) is 23.2 Å². The van der Waals surface area contributed by atoms with E-state index in [0.717, 1.165) is 0 Å². The molecule has 0 amide bonds. The van der Waals surface area contributed by atoms with Gasteiger partial charge in [-0.15, -0.1) is 0 Å². The summed E-state index contributed by atoms with van der Waals surface area (Å²) in [4.78, 5) is 0. The highest BCUT2D eigenvalue weighted by Gasteiger charge is 2.12. The molecule has 2 rings (SSSR count). The summed E-state index contributed by atoms with van der Waals surface area (Å²) in [6, 6.07) is 6.26. The minimum absolute atomic E-state index is 0.0463. The fourth-order valence-electron chi connectivity index (χ4n) is 1.43. The second-order valence-corrected chi connectivity index (χ2v) is 4.84. The lowest BCUT2D eigenvalue weighted by Crippen LogP contribution is -2.05. The maximum Gasteiger partial charge on any atom is 0.233 e. The molecule has 1 unspecified atom stereocenters. The van der Waals surface area contributed by atoms with E-state index in [1.165, 1.54) is 10.7 Å². The van der Waals surface area contributed by atoms with Crippen molar-refractivity contribution >= 4 is 34.6 Å². The Morgan fingerprint density at radius 1 is 1.39 bits per heavy atom. The van der Waals surface area contributed by atoms with Crippen molar-refractivity contribution < 1.29 is 12.9 Å². The Kier molecular flexibility index (Phi) is 3.91. The molecule has 8 heteroatoms. The number of aryl methyl sites for hydroxylation is 1. The van der Waals surface area contributed by atoms with Gasteiger partial charge in [0.25, 0.3) is 0 Å². The van der Waals surface area contributed by atoms with Crippen molar-refractivity contribution in [1.29, 1.82) is 0 Å². The molecule has 0 fully saturated rings. The van der Waals surface area contributed by atoms with E-state index in [1.807, 2.05) is 0 Å². The first kappa shape index (κ1) is 13.4. The van der Waals surface area contributed by atoms with Gasteiger partial charge in [0.05, 0.1) is 16.4 Å². The molecule has 2 aromatic rings. The SMILES string of the molecule is Cc1cc(OS(=O)[O-])n(-c2cc(Cl)ccc2Cl)n1. The molecule has 1 aromatic carbocycles. The molecule has 1 aromatic heterocycles. The van der Waals surface area contributed by atoms with Crippen LogP contribution in [0.25, 0.3) is 5.69 Å². The van der Waals surface area contributed by atoms with Crippen LogP contribution in [-0.4, -0.2) is 18.5 Å². The van der Waals surface area contributed by atoms with Gasteiger partial charge < -0.3 is 8.74 Å². The third kappa shape index (κ3) is 2.84. The summed E-state index contributed by atoms with van der Waals surface area (Å²) >= 11 is 9.20. The number of hydrogen-bond acceptors (Lipinski definition) is 4. The summed E-state index contributed by atoms with van der Waals surface area (Å²) in [5, 5.41) is 4.95. The van der Waals surface area contributed by atoms with Crippen LogP contribution in [0.15, 0.2) is 24.3 Å². The standard InChI is InChI=1S/C10H8Cl2N2O3S/c1-6-4-10(17-18(15)16)14(13-6)9-5-7(11)2-3-8(9)12/h2-5H,1H3,(H,15,16)/p-1. The predicted octanol–water partition coefficient (Wildman–Crippen LogP) is 2.66. The van der Waals surface area contributed by atoms with Gasteiger partial charge in [-0.2, -0.15) is 9.78 Å². The van der Waals surface area contributed by atoms with E-state index in [1.54, 1.807) is 25.1 Å². The first-order valence-electron chi connectivity index (χ1n) is 4.77. The normalized spacial score (nSPS) is 12.4. The summed E-state index contributed by atoms with van der Waals surface area (Å²) in [7, 11) is 0. The quantitative estimate of drug-likeness (QED) is 0.818. The van der Waals surface area contributed by atoms with Crippen LogP contribution in [0.2, 0.25) is 10.0 Å². The number of benzene rings is 1. The van der Waals surface area contributed by atoms with Gasteiger partial charge in [0.15, 0.2) is 0 Å². The van der Waals surface area contributed by atoms with E-state index >= 15 is 0 Å². The maximum absolute atomic E-state index is 10.6. The van der Waals surface area contributed by atoms with Crippen molar-refractivity contribution in [2.24, 2.45) is 0 Å². The van der Waals surface area contributed by atoms with Crippen LogP contribution in [0.1, 0.15) is 5.69 Å². The molecule has 1 atom stereocenters. The largest absolute Gasteiger partial charge is 0.740 e. The van der Waals surface area contributed by atoms with E-state index in [9.17, 15) is 8.76 Å². The Hall–Kier alpha value is -1.08. The average molecular weight is 306 g/mol. The van der Waals surface area contributed by atoms with Gasteiger partial charge in [-0.3, -0.25) is 0 Å². The molecular formula is C10H7Cl2N2O3S-. The topological polar surface area (TPSA) is 67.2 Å². The van der Waals surface area contributed by atoms with E-state index in [0.29, 0.717) is 21.4 Å². The molecule has 0 saturated carbocycles. The minimum atomic E-state index is -2.69. The van der Waals surface area contributed by atoms with Crippen molar-refractivity contribution in [3.8, 4) is 11.6 Å². The zero-order chi connectivity index (χ0) is 13.3. The van der Waals surface area contributed by atoms with Crippen molar-refractivity contribution in [3.63, 3.8) is 0 Å². The highest BCUT2D eigenvalue weighted by atomic mass is 35.5. The van der Waals surface area contributed by atoms with Crippen LogP contribution >= 0.6 is 23.2 Å². The number of halogens is 2. The van der Waals surface area contributed by atoms with Gasteiger partial charge in [-0.25, -0.2) is 4.21 Å². The highest BCUT2D eigenvalue weighted by molar-refractivity contribution is 7.74. The van der Waals surface area contributed by atoms with Crippen molar-refractivity contribution in [3.05, 3.63) is 40.0 Å². The molecule has 0 N–H and O–H groups in total. The minimum Gasteiger partial charge on any atom is -0.740 e. The number of aromatic nitrogens is 2. The molecule has 0 radical (unpaired) electrons. The van der Waals surface area contributed by atoms with Gasteiger partial charge in [0.1, 0.15) is 11.4 Å². The van der Waals surface area contributed by atoms with Crippen LogP contribution in [0.3, 0.4) is 0 Å². The smallest absolute Gasteiger partial charge is 0.233 e. The molecule has 0 saturated heterocycles. The fourth-order valence-corrected chi connectivity index (χ4v) is 2.05. The molecule has 5 nitrogen and oxygen atoms in total. The van der Waals surface area contributed by atoms with Gasteiger partial charge in [0.2, 0.25) is 5.88 Å². The third-order valence-corrected chi connectivity index (χ3v) is 2.95. The molecule has 1 heterocycles. The molecule has 0 bridgehead atoms. The summed E-state index contributed by atoms with van der Waals surface area (Å²) in [5.41, 5.74) is 1.03. The Labute approximate surface area is 116 Å². The van der Waals surface area contributed by atoms with Crippen LogP contribution < -0.4 is 4.18 Å². The number of nitrogens with zero attached hydrogens (tertiary/aromatic N) is 2. The van der Waals surface area contributed by atoms with Crippen molar-refractivity contribution in [2.75, 3.05) is 0 Å². The lowest BCUT2D eigenvalue weighted by Gasteiger charge is -2.11. The Balaban J connectivity index is 2.55. The molecule has 0 aliphatic carbocycles. The zero-order valence-electron chi connectivity index (χ0n) is 9.09. The van der Waals surface area contributed by atoms with Crippen molar-refractivity contribution in [2.45, 2.75) is 6.92 Å². The third-order valence-electron chi connectivity index (χ3n) is 2.09. The summed E-state index contributed by atoms with van der Waals surface area (Å²) in [6.45, 7) is 1.70. The van der Waals surface area contributed by atoms with Crippen LogP contribution in [-0.2, 0) is 11.4 Å². The second kappa shape index (κ2) is 5.27. The number of hydrogen-bond donors (Lipinski definition) is 0. The molecule has 96 valence electrons. The van der Waals surface area contributed by atoms with Gasteiger partial charge in [0, 0.05) is 11.1 Å². The second-order valence-electron chi connectivity index (χ2n) is 3.42. The van der Waals surface area contributed by atoms with Crippen LogP contribution in [0.4, 0.5) is 0 Å². The molecule has 0 aliphatic heterocycles.